The summed E-state index contributed by atoms with van der Waals surface area (Å²) in [6.07, 6.45) is 3.71. The molecular formula is C20H20. The van der Waals surface area contributed by atoms with E-state index in [0.717, 1.165) is 0 Å². The fourth-order valence-electron chi connectivity index (χ4n) is 3.63. The molecule has 1 aliphatic rings. The maximum absolute atomic E-state index is 2.41. The highest BCUT2D eigenvalue weighted by Gasteiger charge is 2.20. The van der Waals surface area contributed by atoms with Gasteiger partial charge in [-0.05, 0) is 69.5 Å². The van der Waals surface area contributed by atoms with E-state index in [0.29, 0.717) is 5.92 Å². The first-order valence-electron chi connectivity index (χ1n) is 7.75. The number of benzene rings is 3. The molecule has 0 saturated carbocycles. The Hall–Kier alpha value is -1.82. The third kappa shape index (κ3) is 1.54. The molecule has 0 spiro atoms. The summed E-state index contributed by atoms with van der Waals surface area (Å²) in [6, 6.07) is 16.0. The summed E-state index contributed by atoms with van der Waals surface area (Å²) in [6.45, 7) is 4.65. The van der Waals surface area contributed by atoms with Crippen LogP contribution in [0, 0.1) is 0 Å². The van der Waals surface area contributed by atoms with Crippen LogP contribution in [0.1, 0.15) is 42.9 Å². The summed E-state index contributed by atoms with van der Waals surface area (Å²) >= 11 is 0. The lowest BCUT2D eigenvalue weighted by Gasteiger charge is -2.24. The van der Waals surface area contributed by atoms with Crippen molar-refractivity contribution >= 4 is 21.5 Å². The van der Waals surface area contributed by atoms with E-state index in [9.17, 15) is 0 Å². The zero-order valence-electron chi connectivity index (χ0n) is 12.2. The number of hydrogen-bond acceptors (Lipinski definition) is 0. The van der Waals surface area contributed by atoms with Crippen molar-refractivity contribution in [2.24, 2.45) is 0 Å². The van der Waals surface area contributed by atoms with Crippen LogP contribution >= 0.6 is 0 Å². The van der Waals surface area contributed by atoms with E-state index in [1.165, 1.54) is 40.8 Å². The van der Waals surface area contributed by atoms with Crippen LogP contribution in [0.3, 0.4) is 0 Å². The molecule has 0 bridgehead atoms. The van der Waals surface area contributed by atoms with Gasteiger partial charge in [-0.2, -0.15) is 0 Å². The fourth-order valence-corrected chi connectivity index (χ4v) is 3.63. The molecule has 0 amide bonds. The van der Waals surface area contributed by atoms with E-state index in [2.05, 4.69) is 56.3 Å². The van der Waals surface area contributed by atoms with Gasteiger partial charge >= 0.3 is 0 Å². The minimum Gasteiger partial charge on any atom is -0.0648 e. The summed E-state index contributed by atoms with van der Waals surface area (Å²) in [5, 5.41) is 5.82. The summed E-state index contributed by atoms with van der Waals surface area (Å²) in [7, 11) is 0. The minimum absolute atomic E-state index is 0.613. The van der Waals surface area contributed by atoms with Crippen LogP contribution in [0.15, 0.2) is 42.5 Å². The van der Waals surface area contributed by atoms with Crippen molar-refractivity contribution < 1.29 is 0 Å². The maximum Gasteiger partial charge on any atom is -0.0140 e. The van der Waals surface area contributed by atoms with Crippen LogP contribution in [0.4, 0.5) is 0 Å². The summed E-state index contributed by atoms with van der Waals surface area (Å²) in [4.78, 5) is 0. The standard InChI is InChI=1S/C20H20/c1-3-13(2)20-17-7-5-4-6-15(17)12-19-16-10-8-14(16)9-11-18(19)20/h4-7,9,11-13H,3,8,10H2,1-2H3. The molecule has 4 rings (SSSR count). The van der Waals surface area contributed by atoms with Crippen molar-refractivity contribution in [3.05, 3.63) is 59.2 Å². The third-order valence-electron chi connectivity index (χ3n) is 5.04. The topological polar surface area (TPSA) is 0 Å². The van der Waals surface area contributed by atoms with Crippen molar-refractivity contribution in [2.45, 2.75) is 39.0 Å². The highest BCUT2D eigenvalue weighted by Crippen LogP contribution is 2.39. The molecule has 0 aliphatic heterocycles. The Kier molecular flexibility index (Phi) is 2.60. The lowest BCUT2D eigenvalue weighted by Crippen LogP contribution is -2.09. The minimum atomic E-state index is 0.613. The molecule has 0 N–H and O–H groups in total. The number of hydrogen-bond donors (Lipinski definition) is 0. The quantitative estimate of drug-likeness (QED) is 0.526. The van der Waals surface area contributed by atoms with Crippen LogP contribution in [0.25, 0.3) is 21.5 Å². The fraction of sp³-hybridized carbons (Fsp3) is 0.300. The SMILES string of the molecule is CCC(C)c1c2ccccc2cc2c3c(ccc12)CC3. The van der Waals surface area contributed by atoms with Gasteiger partial charge in [-0.15, -0.1) is 0 Å². The van der Waals surface area contributed by atoms with E-state index >= 15 is 0 Å². The van der Waals surface area contributed by atoms with Gasteiger partial charge in [0.2, 0.25) is 0 Å². The second-order valence-electron chi connectivity index (χ2n) is 6.12. The predicted octanol–water partition coefficient (Wildman–Crippen LogP) is 5.61. The van der Waals surface area contributed by atoms with Crippen LogP contribution in [-0.4, -0.2) is 0 Å². The van der Waals surface area contributed by atoms with E-state index < -0.39 is 0 Å². The smallest absolute Gasteiger partial charge is 0.0140 e. The molecule has 0 heteroatoms. The molecule has 3 aromatic rings. The molecule has 20 heavy (non-hydrogen) atoms. The molecule has 0 nitrogen and oxygen atoms in total. The van der Waals surface area contributed by atoms with Crippen molar-refractivity contribution in [3.8, 4) is 0 Å². The Morgan fingerprint density at radius 2 is 1.80 bits per heavy atom. The molecule has 0 saturated heterocycles. The van der Waals surface area contributed by atoms with Gasteiger partial charge in [0.05, 0.1) is 0 Å². The Morgan fingerprint density at radius 1 is 0.950 bits per heavy atom. The van der Waals surface area contributed by atoms with Crippen LogP contribution < -0.4 is 0 Å². The van der Waals surface area contributed by atoms with Gasteiger partial charge in [0, 0.05) is 0 Å². The van der Waals surface area contributed by atoms with Crippen LogP contribution in [0.5, 0.6) is 0 Å². The molecule has 0 heterocycles. The van der Waals surface area contributed by atoms with Crippen LogP contribution in [0.2, 0.25) is 0 Å². The lowest BCUT2D eigenvalue weighted by atomic mass is 9.80. The first-order chi connectivity index (χ1) is 9.79. The van der Waals surface area contributed by atoms with Crippen molar-refractivity contribution in [1.29, 1.82) is 0 Å². The Bertz CT molecular complexity index is 811. The van der Waals surface area contributed by atoms with Gasteiger partial charge in [0.25, 0.3) is 0 Å². The largest absolute Gasteiger partial charge is 0.0648 e. The Labute approximate surface area is 120 Å². The van der Waals surface area contributed by atoms with E-state index in [-0.39, 0.29) is 0 Å². The second-order valence-corrected chi connectivity index (χ2v) is 6.12. The highest BCUT2D eigenvalue weighted by molar-refractivity contribution is 6.04. The van der Waals surface area contributed by atoms with Gasteiger partial charge in [0.1, 0.15) is 0 Å². The zero-order valence-corrected chi connectivity index (χ0v) is 12.2. The second kappa shape index (κ2) is 4.34. The molecule has 1 atom stereocenters. The first-order valence-corrected chi connectivity index (χ1v) is 7.75. The van der Waals surface area contributed by atoms with E-state index in [4.69, 9.17) is 0 Å². The maximum atomic E-state index is 2.41. The molecule has 100 valence electrons. The first kappa shape index (κ1) is 12.0. The number of aryl methyl sites for hydroxylation is 2. The van der Waals surface area contributed by atoms with E-state index in [1.54, 1.807) is 16.7 Å². The van der Waals surface area contributed by atoms with Gasteiger partial charge in [-0.1, -0.05) is 50.2 Å². The van der Waals surface area contributed by atoms with Gasteiger partial charge in [0.15, 0.2) is 0 Å². The third-order valence-corrected chi connectivity index (χ3v) is 5.04. The Morgan fingerprint density at radius 3 is 2.55 bits per heavy atom. The van der Waals surface area contributed by atoms with Gasteiger partial charge in [-0.25, -0.2) is 0 Å². The van der Waals surface area contributed by atoms with Crippen molar-refractivity contribution in [3.63, 3.8) is 0 Å². The summed E-state index contributed by atoms with van der Waals surface area (Å²) in [5.41, 5.74) is 4.70. The number of rotatable bonds is 2. The average Bonchev–Trinajstić information content (AvgIpc) is 2.44. The number of fused-ring (bicyclic) bond motifs is 4. The van der Waals surface area contributed by atoms with Crippen LogP contribution in [-0.2, 0) is 12.8 Å². The summed E-state index contributed by atoms with van der Waals surface area (Å²) < 4.78 is 0. The molecule has 0 aromatic heterocycles. The molecular weight excluding hydrogens is 240 g/mol. The molecule has 1 aliphatic carbocycles. The highest BCUT2D eigenvalue weighted by atomic mass is 14.2. The molecule has 1 unspecified atom stereocenters. The zero-order chi connectivity index (χ0) is 13.7. The van der Waals surface area contributed by atoms with E-state index in [1.807, 2.05) is 0 Å². The van der Waals surface area contributed by atoms with Crippen molar-refractivity contribution in [1.82, 2.24) is 0 Å². The Balaban J connectivity index is 2.19. The lowest BCUT2D eigenvalue weighted by molar-refractivity contribution is 0.745. The molecule has 0 fully saturated rings. The molecule has 3 aromatic carbocycles. The van der Waals surface area contributed by atoms with Crippen molar-refractivity contribution in [2.75, 3.05) is 0 Å². The van der Waals surface area contributed by atoms with Gasteiger partial charge < -0.3 is 0 Å². The molecule has 0 radical (unpaired) electrons. The normalized spacial score (nSPS) is 15.1. The predicted molar refractivity (Wildman–Crippen MR) is 87.6 cm³/mol. The average molecular weight is 260 g/mol. The summed E-state index contributed by atoms with van der Waals surface area (Å²) in [5.74, 6) is 0.613. The monoisotopic (exact) mass is 260 g/mol. The van der Waals surface area contributed by atoms with Gasteiger partial charge in [-0.3, -0.25) is 0 Å².